The van der Waals surface area contributed by atoms with Crippen LogP contribution in [0.1, 0.15) is 34.2 Å². The van der Waals surface area contributed by atoms with Crippen molar-refractivity contribution in [2.24, 2.45) is 0 Å². The van der Waals surface area contributed by atoms with Crippen LogP contribution in [0.15, 0.2) is 71.3 Å². The average molecular weight is 405 g/mol. The largest absolute Gasteiger partial charge is 0.489 e. The summed E-state index contributed by atoms with van der Waals surface area (Å²) in [4.78, 5) is 17.2. The highest BCUT2D eigenvalue weighted by Crippen LogP contribution is 2.17. The van der Waals surface area contributed by atoms with E-state index in [1.165, 1.54) is 5.56 Å². The molecule has 0 atom stereocenters. The van der Waals surface area contributed by atoms with Crippen LogP contribution in [0.25, 0.3) is 0 Å². The van der Waals surface area contributed by atoms with Gasteiger partial charge < -0.3 is 14.1 Å². The molecule has 2 heterocycles. The number of rotatable bonds is 7. The number of piperazine rings is 1. The maximum atomic E-state index is 13.0. The number of nitrogens with zero attached hydrogens (tertiary/aromatic N) is 2. The minimum atomic E-state index is 0.0850. The first-order valence-electron chi connectivity index (χ1n) is 10.6. The molecule has 5 heteroatoms. The van der Waals surface area contributed by atoms with Crippen molar-refractivity contribution in [3.63, 3.8) is 0 Å². The van der Waals surface area contributed by atoms with E-state index in [4.69, 9.17) is 9.15 Å². The van der Waals surface area contributed by atoms with Gasteiger partial charge in [0.25, 0.3) is 5.91 Å². The Labute approximate surface area is 177 Å². The summed E-state index contributed by atoms with van der Waals surface area (Å²) in [5.74, 6) is 1.89. The Morgan fingerprint density at radius 1 is 0.967 bits per heavy atom. The Morgan fingerprint density at radius 3 is 2.47 bits per heavy atom. The van der Waals surface area contributed by atoms with Gasteiger partial charge in [0.05, 0.1) is 12.8 Å². The number of carbonyl (C=O) groups excluding carboxylic acids is 1. The molecule has 30 heavy (non-hydrogen) atoms. The van der Waals surface area contributed by atoms with Crippen molar-refractivity contribution in [3.05, 3.63) is 89.4 Å². The minimum Gasteiger partial charge on any atom is -0.489 e. The fourth-order valence-electron chi connectivity index (χ4n) is 3.70. The van der Waals surface area contributed by atoms with Crippen molar-refractivity contribution in [3.8, 4) is 5.75 Å². The predicted molar refractivity (Wildman–Crippen MR) is 116 cm³/mol. The van der Waals surface area contributed by atoms with E-state index in [0.717, 1.165) is 61.8 Å². The number of hydrogen-bond acceptors (Lipinski definition) is 4. The van der Waals surface area contributed by atoms with Crippen LogP contribution in [0, 0.1) is 0 Å². The van der Waals surface area contributed by atoms with Crippen LogP contribution in [-0.4, -0.2) is 41.9 Å². The standard InChI is InChI=1S/C25H28N2O3/c1-2-20-8-10-23(11-9-20)30-19-21-5-3-6-22(17-21)25(28)27-14-12-26(13-15-27)18-24-7-4-16-29-24/h3-11,16-17H,2,12-15,18-19H2,1H3. The quantitative estimate of drug-likeness (QED) is 0.586. The maximum absolute atomic E-state index is 13.0. The predicted octanol–water partition coefficient (Wildman–Crippen LogP) is 4.38. The molecule has 0 saturated carbocycles. The summed E-state index contributed by atoms with van der Waals surface area (Å²) in [6, 6.07) is 19.8. The van der Waals surface area contributed by atoms with Gasteiger partial charge in [-0.05, 0) is 53.9 Å². The van der Waals surface area contributed by atoms with Gasteiger partial charge in [0.1, 0.15) is 18.1 Å². The highest BCUT2D eigenvalue weighted by atomic mass is 16.5. The molecule has 1 fully saturated rings. The zero-order chi connectivity index (χ0) is 20.8. The Balaban J connectivity index is 1.31. The molecule has 0 N–H and O–H groups in total. The van der Waals surface area contributed by atoms with Crippen LogP contribution >= 0.6 is 0 Å². The lowest BCUT2D eigenvalue weighted by Gasteiger charge is -2.34. The molecule has 156 valence electrons. The highest BCUT2D eigenvalue weighted by molar-refractivity contribution is 5.94. The third-order valence-electron chi connectivity index (χ3n) is 5.53. The van der Waals surface area contributed by atoms with E-state index in [9.17, 15) is 4.79 Å². The Morgan fingerprint density at radius 2 is 1.77 bits per heavy atom. The van der Waals surface area contributed by atoms with Crippen molar-refractivity contribution in [1.82, 2.24) is 9.80 Å². The molecule has 3 aromatic rings. The minimum absolute atomic E-state index is 0.0850. The van der Waals surface area contributed by atoms with Gasteiger partial charge in [0, 0.05) is 31.7 Å². The molecule has 2 aromatic carbocycles. The zero-order valence-corrected chi connectivity index (χ0v) is 17.4. The van der Waals surface area contributed by atoms with E-state index in [1.807, 2.05) is 53.4 Å². The number of hydrogen-bond donors (Lipinski definition) is 0. The smallest absolute Gasteiger partial charge is 0.253 e. The number of aryl methyl sites for hydroxylation is 1. The summed E-state index contributed by atoms with van der Waals surface area (Å²) in [7, 11) is 0. The zero-order valence-electron chi connectivity index (χ0n) is 17.4. The molecule has 1 saturated heterocycles. The summed E-state index contributed by atoms with van der Waals surface area (Å²) >= 11 is 0. The van der Waals surface area contributed by atoms with Crippen molar-refractivity contribution >= 4 is 5.91 Å². The van der Waals surface area contributed by atoms with Crippen LogP contribution in [-0.2, 0) is 19.6 Å². The van der Waals surface area contributed by atoms with Gasteiger partial charge in [-0.3, -0.25) is 9.69 Å². The van der Waals surface area contributed by atoms with Crippen LogP contribution < -0.4 is 4.74 Å². The Bertz CT molecular complexity index is 943. The van der Waals surface area contributed by atoms with E-state index >= 15 is 0 Å². The fraction of sp³-hybridized carbons (Fsp3) is 0.320. The fourth-order valence-corrected chi connectivity index (χ4v) is 3.70. The molecule has 0 aliphatic carbocycles. The first-order chi connectivity index (χ1) is 14.7. The summed E-state index contributed by atoms with van der Waals surface area (Å²) < 4.78 is 11.3. The third kappa shape index (κ3) is 5.10. The molecular formula is C25H28N2O3. The van der Waals surface area contributed by atoms with Gasteiger partial charge in [-0.1, -0.05) is 31.2 Å². The number of ether oxygens (including phenoxy) is 1. The average Bonchev–Trinajstić information content (AvgIpc) is 3.31. The van der Waals surface area contributed by atoms with E-state index in [2.05, 4.69) is 24.0 Å². The topological polar surface area (TPSA) is 45.9 Å². The molecule has 1 aliphatic rings. The lowest BCUT2D eigenvalue weighted by molar-refractivity contribution is 0.0620. The molecule has 5 nitrogen and oxygen atoms in total. The van der Waals surface area contributed by atoms with Gasteiger partial charge in [-0.15, -0.1) is 0 Å². The molecular weight excluding hydrogens is 376 g/mol. The Kier molecular flexibility index (Phi) is 6.50. The van der Waals surface area contributed by atoms with Crippen LogP contribution in [0.3, 0.4) is 0 Å². The second kappa shape index (κ2) is 9.63. The number of furan rings is 1. The van der Waals surface area contributed by atoms with Crippen molar-refractivity contribution in [1.29, 1.82) is 0 Å². The van der Waals surface area contributed by atoms with E-state index < -0.39 is 0 Å². The SMILES string of the molecule is CCc1ccc(OCc2cccc(C(=O)N3CCN(Cc4ccco4)CC3)c2)cc1. The monoisotopic (exact) mass is 404 g/mol. The van der Waals surface area contributed by atoms with E-state index in [1.54, 1.807) is 6.26 Å². The first-order valence-corrected chi connectivity index (χ1v) is 10.6. The van der Waals surface area contributed by atoms with Crippen molar-refractivity contribution < 1.29 is 13.9 Å². The van der Waals surface area contributed by atoms with Gasteiger partial charge in [-0.25, -0.2) is 0 Å². The molecule has 0 spiro atoms. The number of benzene rings is 2. The van der Waals surface area contributed by atoms with Gasteiger partial charge in [-0.2, -0.15) is 0 Å². The van der Waals surface area contributed by atoms with Gasteiger partial charge in [0.15, 0.2) is 0 Å². The molecule has 1 aliphatic heterocycles. The first kappa shape index (κ1) is 20.2. The van der Waals surface area contributed by atoms with Crippen molar-refractivity contribution in [2.45, 2.75) is 26.5 Å². The summed E-state index contributed by atoms with van der Waals surface area (Å²) in [6.07, 6.45) is 2.72. The lowest BCUT2D eigenvalue weighted by Crippen LogP contribution is -2.48. The molecule has 4 rings (SSSR count). The van der Waals surface area contributed by atoms with E-state index in [-0.39, 0.29) is 5.91 Å². The van der Waals surface area contributed by atoms with Crippen LogP contribution in [0.5, 0.6) is 5.75 Å². The Hall–Kier alpha value is -3.05. The van der Waals surface area contributed by atoms with Gasteiger partial charge in [0.2, 0.25) is 0 Å². The number of carbonyl (C=O) groups is 1. The summed E-state index contributed by atoms with van der Waals surface area (Å²) in [5.41, 5.74) is 3.01. The molecule has 1 amide bonds. The lowest BCUT2D eigenvalue weighted by atomic mass is 10.1. The highest BCUT2D eigenvalue weighted by Gasteiger charge is 2.22. The normalized spacial score (nSPS) is 14.6. The number of amides is 1. The van der Waals surface area contributed by atoms with Gasteiger partial charge >= 0.3 is 0 Å². The second-order valence-corrected chi connectivity index (χ2v) is 7.63. The maximum Gasteiger partial charge on any atom is 0.253 e. The second-order valence-electron chi connectivity index (χ2n) is 7.63. The molecule has 0 unspecified atom stereocenters. The van der Waals surface area contributed by atoms with E-state index in [0.29, 0.717) is 6.61 Å². The summed E-state index contributed by atoms with van der Waals surface area (Å²) in [6.45, 7) is 6.53. The summed E-state index contributed by atoms with van der Waals surface area (Å²) in [5, 5.41) is 0. The van der Waals surface area contributed by atoms with Crippen LogP contribution in [0.2, 0.25) is 0 Å². The molecule has 0 radical (unpaired) electrons. The van der Waals surface area contributed by atoms with Crippen molar-refractivity contribution in [2.75, 3.05) is 26.2 Å². The third-order valence-corrected chi connectivity index (χ3v) is 5.53. The van der Waals surface area contributed by atoms with Crippen LogP contribution in [0.4, 0.5) is 0 Å². The molecule has 1 aromatic heterocycles. The molecule has 0 bridgehead atoms.